The number of amides is 1. The van der Waals surface area contributed by atoms with Crippen LogP contribution in [0.15, 0.2) is 41.4 Å². The lowest BCUT2D eigenvalue weighted by molar-refractivity contribution is -0.360. The fourth-order valence-corrected chi connectivity index (χ4v) is 3.25. The summed E-state index contributed by atoms with van der Waals surface area (Å²) in [5, 5.41) is 11.2. The van der Waals surface area contributed by atoms with Crippen LogP contribution < -0.4 is 5.32 Å². The fraction of sp³-hybridized carbons (Fsp3) is 0.316. The highest BCUT2D eigenvalue weighted by Gasteiger charge is 2.74. The number of thioether (sulfide) groups is 1. The van der Waals surface area contributed by atoms with Crippen LogP contribution in [0.2, 0.25) is 0 Å². The van der Waals surface area contributed by atoms with Crippen molar-refractivity contribution in [3.8, 4) is 6.07 Å². The number of hydrogen-bond acceptors (Lipinski definition) is 4. The van der Waals surface area contributed by atoms with Crippen LogP contribution in [0, 0.1) is 18.3 Å². The highest BCUT2D eigenvalue weighted by atomic mass is 32.2. The van der Waals surface area contributed by atoms with E-state index < -0.39 is 40.4 Å². The molecule has 4 nitrogen and oxygen atoms in total. The third kappa shape index (κ3) is 5.28. The van der Waals surface area contributed by atoms with Crippen molar-refractivity contribution in [3.63, 3.8) is 0 Å². The van der Waals surface area contributed by atoms with E-state index in [1.165, 1.54) is 0 Å². The maximum Gasteiger partial charge on any atom is 0.460 e. The van der Waals surface area contributed by atoms with Gasteiger partial charge in [-0.05, 0) is 24.1 Å². The number of alkyl halides is 7. The topological polar surface area (TPSA) is 65.8 Å². The van der Waals surface area contributed by atoms with E-state index >= 15 is 0 Å². The van der Waals surface area contributed by atoms with E-state index in [1.807, 2.05) is 0 Å². The number of aromatic nitrogens is 1. The summed E-state index contributed by atoms with van der Waals surface area (Å²) in [5.74, 6) is -13.1. The summed E-state index contributed by atoms with van der Waals surface area (Å²) in [7, 11) is 0. The predicted molar refractivity (Wildman–Crippen MR) is 97.6 cm³/mol. The largest absolute Gasteiger partial charge is 0.460 e. The van der Waals surface area contributed by atoms with Crippen molar-refractivity contribution in [2.45, 2.75) is 36.5 Å². The third-order valence-corrected chi connectivity index (χ3v) is 5.02. The molecule has 0 saturated heterocycles. The standard InChI is InChI=1S/C19H14F7N3OS/c1-11-7-14(17(20,21)18(22,23)19(24,25)26)29-16(13(11)8-27)31-10-15(30)28-9-12-5-3-2-4-6-12/h2-7H,9-10H2,1H3,(H,28,30). The second-order valence-corrected chi connectivity index (χ2v) is 7.28. The van der Waals surface area contributed by atoms with Gasteiger partial charge in [0, 0.05) is 6.54 Å². The maximum atomic E-state index is 14.0. The van der Waals surface area contributed by atoms with E-state index in [1.54, 1.807) is 36.4 Å². The minimum Gasteiger partial charge on any atom is -0.351 e. The zero-order valence-corrected chi connectivity index (χ0v) is 16.6. The van der Waals surface area contributed by atoms with Gasteiger partial charge in [0.1, 0.15) is 16.8 Å². The molecular weight excluding hydrogens is 451 g/mol. The first-order valence-electron chi connectivity index (χ1n) is 8.49. The van der Waals surface area contributed by atoms with Gasteiger partial charge in [-0.25, -0.2) is 4.98 Å². The van der Waals surface area contributed by atoms with Crippen LogP contribution in [-0.2, 0) is 17.3 Å². The number of nitrogens with zero attached hydrogens (tertiary/aromatic N) is 2. The molecule has 1 aromatic heterocycles. The van der Waals surface area contributed by atoms with Crippen molar-refractivity contribution in [2.24, 2.45) is 0 Å². The van der Waals surface area contributed by atoms with E-state index in [0.29, 0.717) is 17.8 Å². The minimum absolute atomic E-state index is 0.147. The van der Waals surface area contributed by atoms with Crippen LogP contribution in [0.3, 0.4) is 0 Å². The first-order chi connectivity index (χ1) is 14.3. The average molecular weight is 465 g/mol. The van der Waals surface area contributed by atoms with Gasteiger partial charge in [-0.2, -0.15) is 36.0 Å². The van der Waals surface area contributed by atoms with Gasteiger partial charge in [-0.1, -0.05) is 42.1 Å². The van der Waals surface area contributed by atoms with Crippen LogP contribution >= 0.6 is 11.8 Å². The number of aryl methyl sites for hydroxylation is 1. The number of halogens is 7. The zero-order chi connectivity index (χ0) is 23.4. The molecule has 2 aromatic rings. The van der Waals surface area contributed by atoms with Crippen molar-refractivity contribution in [1.29, 1.82) is 5.26 Å². The Kier molecular flexibility index (Phi) is 7.21. The lowest BCUT2D eigenvalue weighted by Gasteiger charge is -2.28. The molecule has 0 bridgehead atoms. The molecule has 0 aliphatic carbocycles. The molecule has 0 radical (unpaired) electrons. The number of carbonyl (C=O) groups excluding carboxylic acids is 1. The fourth-order valence-electron chi connectivity index (χ4n) is 2.37. The molecular formula is C19H14F7N3OS. The molecule has 1 heterocycles. The molecule has 0 atom stereocenters. The first-order valence-corrected chi connectivity index (χ1v) is 9.47. The molecule has 1 amide bonds. The second-order valence-electron chi connectivity index (χ2n) is 6.31. The van der Waals surface area contributed by atoms with Crippen molar-refractivity contribution in [1.82, 2.24) is 10.3 Å². The van der Waals surface area contributed by atoms with Gasteiger partial charge >= 0.3 is 18.0 Å². The quantitative estimate of drug-likeness (QED) is 0.464. The minimum atomic E-state index is -6.52. The average Bonchev–Trinajstić information content (AvgIpc) is 2.70. The van der Waals surface area contributed by atoms with E-state index in [4.69, 9.17) is 0 Å². The molecule has 2 rings (SSSR count). The summed E-state index contributed by atoms with van der Waals surface area (Å²) in [6.45, 7) is 1.23. The van der Waals surface area contributed by atoms with Crippen molar-refractivity contribution >= 4 is 17.7 Å². The Hall–Kier alpha value is -2.81. The predicted octanol–water partition coefficient (Wildman–Crippen LogP) is 4.96. The second kappa shape index (κ2) is 9.13. The smallest absolute Gasteiger partial charge is 0.351 e. The van der Waals surface area contributed by atoms with Gasteiger partial charge in [0.15, 0.2) is 0 Å². The molecule has 31 heavy (non-hydrogen) atoms. The Labute approximate surface area is 176 Å². The summed E-state index contributed by atoms with van der Waals surface area (Å²) in [4.78, 5) is 15.2. The van der Waals surface area contributed by atoms with Gasteiger partial charge < -0.3 is 5.32 Å². The number of hydrogen-bond donors (Lipinski definition) is 1. The summed E-state index contributed by atoms with van der Waals surface area (Å²) >= 11 is 0.472. The zero-order valence-electron chi connectivity index (χ0n) is 15.7. The summed E-state index contributed by atoms with van der Waals surface area (Å²) in [6.07, 6.45) is -6.52. The van der Waals surface area contributed by atoms with Crippen molar-refractivity contribution in [3.05, 3.63) is 58.8 Å². The molecule has 0 fully saturated rings. The normalized spacial score (nSPS) is 12.4. The van der Waals surface area contributed by atoms with Crippen LogP contribution in [-0.4, -0.2) is 28.7 Å². The third-order valence-electron chi connectivity index (χ3n) is 4.04. The lowest BCUT2D eigenvalue weighted by atomic mass is 10.0. The number of nitriles is 1. The Balaban J connectivity index is 2.25. The van der Waals surface area contributed by atoms with Gasteiger partial charge in [-0.3, -0.25) is 4.79 Å². The number of pyridine rings is 1. The van der Waals surface area contributed by atoms with Gasteiger partial charge in [0.2, 0.25) is 5.91 Å². The van der Waals surface area contributed by atoms with E-state index in [9.17, 15) is 40.8 Å². The Morgan fingerprint density at radius 1 is 1.13 bits per heavy atom. The number of rotatable bonds is 7. The van der Waals surface area contributed by atoms with Gasteiger partial charge in [-0.15, -0.1) is 0 Å². The molecule has 12 heteroatoms. The molecule has 0 saturated carbocycles. The highest BCUT2D eigenvalue weighted by molar-refractivity contribution is 8.00. The van der Waals surface area contributed by atoms with Crippen LogP contribution in [0.25, 0.3) is 0 Å². The van der Waals surface area contributed by atoms with Crippen LogP contribution in [0.4, 0.5) is 30.7 Å². The van der Waals surface area contributed by atoms with Crippen LogP contribution in [0.5, 0.6) is 0 Å². The van der Waals surface area contributed by atoms with Crippen LogP contribution in [0.1, 0.15) is 22.4 Å². The Morgan fingerprint density at radius 2 is 1.74 bits per heavy atom. The first kappa shape index (κ1) is 24.5. The van der Waals surface area contributed by atoms with Gasteiger partial charge in [0.25, 0.3) is 0 Å². The van der Waals surface area contributed by atoms with Crippen molar-refractivity contribution < 1.29 is 35.5 Å². The summed E-state index contributed by atoms with van der Waals surface area (Å²) in [6, 6.07) is 10.6. The molecule has 0 aliphatic rings. The van der Waals surface area contributed by atoms with E-state index in [2.05, 4.69) is 10.3 Å². The molecule has 0 unspecified atom stereocenters. The monoisotopic (exact) mass is 465 g/mol. The van der Waals surface area contributed by atoms with Crippen molar-refractivity contribution in [2.75, 3.05) is 5.75 Å². The maximum absolute atomic E-state index is 14.0. The summed E-state index contributed by atoms with van der Waals surface area (Å²) in [5.41, 5.74) is -1.67. The lowest BCUT2D eigenvalue weighted by Crippen LogP contribution is -2.50. The molecule has 0 spiro atoms. The molecule has 0 aliphatic heterocycles. The molecule has 166 valence electrons. The van der Waals surface area contributed by atoms with E-state index in [0.717, 1.165) is 12.5 Å². The number of carbonyl (C=O) groups is 1. The SMILES string of the molecule is Cc1cc(C(F)(F)C(F)(F)C(F)(F)F)nc(SCC(=O)NCc2ccccc2)c1C#N. The summed E-state index contributed by atoms with van der Waals surface area (Å²) < 4.78 is 92.2. The highest BCUT2D eigenvalue weighted by Crippen LogP contribution is 2.51. The van der Waals surface area contributed by atoms with E-state index in [-0.39, 0.29) is 17.7 Å². The Morgan fingerprint density at radius 3 is 2.29 bits per heavy atom. The number of nitrogens with one attached hydrogen (secondary N) is 1. The number of benzene rings is 1. The molecule has 1 N–H and O–H groups in total. The van der Waals surface area contributed by atoms with Gasteiger partial charge in [0.05, 0.1) is 11.3 Å². The molecule has 1 aromatic carbocycles. The Bertz CT molecular complexity index is 988.